The third kappa shape index (κ3) is 5.71. The number of benzene rings is 1. The zero-order valence-electron chi connectivity index (χ0n) is 14.7. The van der Waals surface area contributed by atoms with Crippen LogP contribution in [0.5, 0.6) is 0 Å². The molecule has 1 aromatic rings. The largest absolute Gasteiger partial charge is 0.390 e. The molecule has 5 nitrogen and oxygen atoms in total. The zero-order chi connectivity index (χ0) is 19.4. The molecule has 1 aromatic carbocycles. The zero-order valence-corrected chi connectivity index (χ0v) is 15.5. The molecule has 0 heterocycles. The van der Waals surface area contributed by atoms with E-state index in [4.69, 9.17) is 0 Å². The topological polar surface area (TPSA) is 57.7 Å². The van der Waals surface area contributed by atoms with Gasteiger partial charge in [0, 0.05) is 31.7 Å². The van der Waals surface area contributed by atoms with Gasteiger partial charge in [-0.25, -0.2) is 8.42 Å². The van der Waals surface area contributed by atoms with Crippen LogP contribution in [-0.2, 0) is 10.0 Å². The molecule has 0 aromatic heterocycles. The van der Waals surface area contributed by atoms with Crippen molar-refractivity contribution < 1.29 is 26.4 Å². The Morgan fingerprint density at radius 3 is 2.32 bits per heavy atom. The highest BCUT2D eigenvalue weighted by Crippen LogP contribution is 2.22. The third-order valence-corrected chi connectivity index (χ3v) is 5.85. The minimum atomic E-state index is -4.36. The standard InChI is InChI=1S/C16H23F3N2O3S/c1-5-21(10-9-16(17,18)19)15(22)13-7-6-8-14(11-13)25(23,24)20(4)12(2)3/h6-8,11-12H,5,9-10H2,1-4H3. The number of sulfonamides is 1. The number of amides is 1. The summed E-state index contributed by atoms with van der Waals surface area (Å²) in [6.45, 7) is 4.62. The van der Waals surface area contributed by atoms with Crippen LogP contribution in [0.15, 0.2) is 29.2 Å². The average Bonchev–Trinajstić information content (AvgIpc) is 2.53. The molecule has 0 aliphatic carbocycles. The lowest BCUT2D eigenvalue weighted by Crippen LogP contribution is -2.35. The van der Waals surface area contributed by atoms with Crippen LogP contribution in [0.4, 0.5) is 13.2 Å². The van der Waals surface area contributed by atoms with Gasteiger partial charge in [0.2, 0.25) is 10.0 Å². The summed E-state index contributed by atoms with van der Waals surface area (Å²) in [6, 6.07) is 5.09. The predicted octanol–water partition coefficient (Wildman–Crippen LogP) is 3.13. The maximum absolute atomic E-state index is 12.5. The lowest BCUT2D eigenvalue weighted by Gasteiger charge is -2.23. The first-order valence-corrected chi connectivity index (χ1v) is 9.28. The Kier molecular flexibility index (Phi) is 7.01. The number of alkyl halides is 3. The molecule has 0 N–H and O–H groups in total. The number of halogens is 3. The van der Waals surface area contributed by atoms with Crippen LogP contribution in [0.3, 0.4) is 0 Å². The maximum atomic E-state index is 12.5. The van der Waals surface area contributed by atoms with Crippen LogP contribution < -0.4 is 0 Å². The lowest BCUT2D eigenvalue weighted by atomic mass is 10.2. The van der Waals surface area contributed by atoms with E-state index in [1.54, 1.807) is 20.8 Å². The van der Waals surface area contributed by atoms with Gasteiger partial charge in [0.05, 0.1) is 11.3 Å². The Hall–Kier alpha value is -1.61. The summed E-state index contributed by atoms with van der Waals surface area (Å²) in [6.07, 6.45) is -5.47. The van der Waals surface area contributed by atoms with Crippen molar-refractivity contribution in [1.29, 1.82) is 0 Å². The van der Waals surface area contributed by atoms with Crippen molar-refractivity contribution >= 4 is 15.9 Å². The molecule has 0 aliphatic heterocycles. The van der Waals surface area contributed by atoms with Crippen LogP contribution in [0.25, 0.3) is 0 Å². The van der Waals surface area contributed by atoms with Gasteiger partial charge < -0.3 is 4.90 Å². The fourth-order valence-electron chi connectivity index (χ4n) is 2.08. The molecule has 9 heteroatoms. The van der Waals surface area contributed by atoms with Crippen molar-refractivity contribution in [2.24, 2.45) is 0 Å². The van der Waals surface area contributed by atoms with Crippen LogP contribution in [0, 0.1) is 0 Å². The third-order valence-electron chi connectivity index (χ3n) is 3.82. The average molecular weight is 380 g/mol. The van der Waals surface area contributed by atoms with Gasteiger partial charge in [0.25, 0.3) is 5.91 Å². The fourth-order valence-corrected chi connectivity index (χ4v) is 3.50. The molecule has 0 radical (unpaired) electrons. The van der Waals surface area contributed by atoms with Gasteiger partial charge in [-0.15, -0.1) is 0 Å². The van der Waals surface area contributed by atoms with Crippen molar-refractivity contribution in [3.63, 3.8) is 0 Å². The fraction of sp³-hybridized carbons (Fsp3) is 0.562. The van der Waals surface area contributed by atoms with Gasteiger partial charge >= 0.3 is 6.18 Å². The highest BCUT2D eigenvalue weighted by atomic mass is 32.2. The van der Waals surface area contributed by atoms with Crippen LogP contribution in [0.2, 0.25) is 0 Å². The molecule has 0 saturated carbocycles. The minimum Gasteiger partial charge on any atom is -0.339 e. The smallest absolute Gasteiger partial charge is 0.339 e. The van der Waals surface area contributed by atoms with E-state index >= 15 is 0 Å². The first-order chi connectivity index (χ1) is 11.4. The van der Waals surface area contributed by atoms with Gasteiger partial charge in [-0.1, -0.05) is 6.07 Å². The summed E-state index contributed by atoms with van der Waals surface area (Å²) < 4.78 is 63.3. The number of carbonyl (C=O) groups excluding carboxylic acids is 1. The molecule has 0 unspecified atom stereocenters. The van der Waals surface area contributed by atoms with E-state index in [1.807, 2.05) is 0 Å². The molecule has 0 saturated heterocycles. The van der Waals surface area contributed by atoms with Crippen LogP contribution in [-0.4, -0.2) is 55.9 Å². The van der Waals surface area contributed by atoms with E-state index in [2.05, 4.69) is 0 Å². The van der Waals surface area contributed by atoms with Gasteiger partial charge in [-0.2, -0.15) is 17.5 Å². The van der Waals surface area contributed by atoms with Crippen molar-refractivity contribution in [2.75, 3.05) is 20.1 Å². The Morgan fingerprint density at radius 1 is 1.24 bits per heavy atom. The molecular weight excluding hydrogens is 357 g/mol. The molecule has 1 amide bonds. The number of rotatable bonds is 7. The van der Waals surface area contributed by atoms with Gasteiger partial charge in [0.15, 0.2) is 0 Å². The summed E-state index contributed by atoms with van der Waals surface area (Å²) in [4.78, 5) is 13.4. The Balaban J connectivity index is 3.09. The summed E-state index contributed by atoms with van der Waals surface area (Å²) in [5, 5.41) is 0. The van der Waals surface area contributed by atoms with Crippen molar-refractivity contribution in [2.45, 2.75) is 44.3 Å². The Morgan fingerprint density at radius 2 is 1.84 bits per heavy atom. The first-order valence-electron chi connectivity index (χ1n) is 7.84. The Labute approximate surface area is 146 Å². The number of carbonyl (C=O) groups is 1. The van der Waals surface area contributed by atoms with E-state index in [0.717, 1.165) is 9.21 Å². The highest BCUT2D eigenvalue weighted by Gasteiger charge is 2.29. The second kappa shape index (κ2) is 8.18. The molecule has 25 heavy (non-hydrogen) atoms. The van der Waals surface area contributed by atoms with Gasteiger partial charge in [-0.3, -0.25) is 4.79 Å². The summed E-state index contributed by atoms with van der Waals surface area (Å²) in [5.41, 5.74) is 0.0438. The molecular formula is C16H23F3N2O3S. The molecule has 142 valence electrons. The summed E-state index contributed by atoms with van der Waals surface area (Å²) in [7, 11) is -2.35. The van der Waals surface area contributed by atoms with Gasteiger partial charge in [-0.05, 0) is 39.0 Å². The molecule has 1 rings (SSSR count). The molecule has 0 aliphatic rings. The summed E-state index contributed by atoms with van der Waals surface area (Å²) in [5.74, 6) is -0.629. The quantitative estimate of drug-likeness (QED) is 0.730. The lowest BCUT2D eigenvalue weighted by molar-refractivity contribution is -0.136. The monoisotopic (exact) mass is 380 g/mol. The van der Waals surface area contributed by atoms with Crippen molar-refractivity contribution in [3.8, 4) is 0 Å². The molecule has 0 fully saturated rings. The number of hydrogen-bond acceptors (Lipinski definition) is 3. The SMILES string of the molecule is CCN(CCC(F)(F)F)C(=O)c1cccc(S(=O)(=O)N(C)C(C)C)c1. The normalized spacial score (nSPS) is 12.7. The molecule has 0 bridgehead atoms. The highest BCUT2D eigenvalue weighted by molar-refractivity contribution is 7.89. The first kappa shape index (κ1) is 21.4. The second-order valence-electron chi connectivity index (χ2n) is 5.89. The second-order valence-corrected chi connectivity index (χ2v) is 7.89. The van der Waals surface area contributed by atoms with Gasteiger partial charge in [0.1, 0.15) is 0 Å². The molecule has 0 spiro atoms. The summed E-state index contributed by atoms with van der Waals surface area (Å²) >= 11 is 0. The van der Waals surface area contributed by atoms with E-state index in [9.17, 15) is 26.4 Å². The van der Waals surface area contributed by atoms with E-state index in [-0.39, 0.29) is 23.0 Å². The minimum absolute atomic E-state index is 0.0438. The Bertz CT molecular complexity index is 703. The van der Waals surface area contributed by atoms with Crippen molar-refractivity contribution in [3.05, 3.63) is 29.8 Å². The van der Waals surface area contributed by atoms with Crippen LogP contribution in [0.1, 0.15) is 37.6 Å². The number of hydrogen-bond donors (Lipinski definition) is 0. The van der Waals surface area contributed by atoms with E-state index in [1.165, 1.54) is 31.3 Å². The molecule has 0 atom stereocenters. The maximum Gasteiger partial charge on any atom is 0.390 e. The van der Waals surface area contributed by atoms with Crippen molar-refractivity contribution in [1.82, 2.24) is 9.21 Å². The predicted molar refractivity (Wildman–Crippen MR) is 88.8 cm³/mol. The van der Waals surface area contributed by atoms with E-state index < -0.39 is 35.1 Å². The van der Waals surface area contributed by atoms with E-state index in [0.29, 0.717) is 0 Å². The number of nitrogens with zero attached hydrogens (tertiary/aromatic N) is 2. The van der Waals surface area contributed by atoms with Crippen LogP contribution >= 0.6 is 0 Å².